The van der Waals surface area contributed by atoms with Gasteiger partial charge in [-0.1, -0.05) is 0 Å². The molecule has 60 valence electrons. The molecule has 0 heterocycles. The molecule has 1 aliphatic rings. The van der Waals surface area contributed by atoms with Crippen molar-refractivity contribution in [2.75, 3.05) is 0 Å². The summed E-state index contributed by atoms with van der Waals surface area (Å²) in [6.07, 6.45) is 2.27. The molecule has 0 nitrogen and oxygen atoms in total. The second-order valence-corrected chi connectivity index (χ2v) is 6.31. The SMILES string of the molecule is CC1=Cc2ccccc2[CH]1[Zr][Cl]. The van der Waals surface area contributed by atoms with Gasteiger partial charge < -0.3 is 0 Å². The van der Waals surface area contributed by atoms with Gasteiger partial charge in [-0.15, -0.1) is 0 Å². The Kier molecular flexibility index (Phi) is 2.53. The van der Waals surface area contributed by atoms with Crippen LogP contribution >= 0.6 is 8.51 Å². The van der Waals surface area contributed by atoms with Crippen LogP contribution in [0.2, 0.25) is 0 Å². The van der Waals surface area contributed by atoms with Crippen LogP contribution in [0.4, 0.5) is 0 Å². The minimum atomic E-state index is -0.721. The van der Waals surface area contributed by atoms with Crippen molar-refractivity contribution >= 4 is 14.6 Å². The standard InChI is InChI=1S/C10H9.ClH.Zr/c1-8-6-9-4-2-3-5-10(9)7-8;;/h2-7H,1H3;1H;/q;;+1/p-1. The van der Waals surface area contributed by atoms with Crippen molar-refractivity contribution in [2.45, 2.75) is 10.5 Å². The summed E-state index contributed by atoms with van der Waals surface area (Å²) in [5.74, 6) is 0. The second-order valence-electron chi connectivity index (χ2n) is 3.06. The van der Waals surface area contributed by atoms with E-state index < -0.39 is 22.0 Å². The van der Waals surface area contributed by atoms with Gasteiger partial charge in [-0.25, -0.2) is 0 Å². The fourth-order valence-electron chi connectivity index (χ4n) is 1.62. The van der Waals surface area contributed by atoms with Crippen LogP contribution in [0.15, 0.2) is 29.8 Å². The maximum absolute atomic E-state index is 6.06. The molecular formula is C10H9ClZr. The fraction of sp³-hybridized carbons (Fsp3) is 0.200. The van der Waals surface area contributed by atoms with E-state index in [2.05, 4.69) is 37.3 Å². The number of allylic oxidation sites excluding steroid dienone is 1. The monoisotopic (exact) mass is 254 g/mol. The Morgan fingerprint density at radius 1 is 1.33 bits per heavy atom. The van der Waals surface area contributed by atoms with Crippen LogP contribution in [-0.2, 0) is 22.0 Å². The summed E-state index contributed by atoms with van der Waals surface area (Å²) in [7, 11) is 6.06. The Labute approximate surface area is 87.7 Å². The average Bonchev–Trinajstić information content (AvgIpc) is 2.40. The molecule has 1 aromatic carbocycles. The molecule has 0 aromatic heterocycles. The van der Waals surface area contributed by atoms with Crippen LogP contribution in [0.3, 0.4) is 0 Å². The van der Waals surface area contributed by atoms with E-state index in [1.807, 2.05) is 0 Å². The number of hydrogen-bond acceptors (Lipinski definition) is 0. The van der Waals surface area contributed by atoms with E-state index in [-0.39, 0.29) is 0 Å². The summed E-state index contributed by atoms with van der Waals surface area (Å²) in [4.78, 5) is 0. The van der Waals surface area contributed by atoms with Gasteiger partial charge in [-0.05, 0) is 0 Å². The van der Waals surface area contributed by atoms with E-state index in [4.69, 9.17) is 8.51 Å². The van der Waals surface area contributed by atoms with E-state index in [1.165, 1.54) is 16.7 Å². The van der Waals surface area contributed by atoms with Gasteiger partial charge in [0, 0.05) is 0 Å². The van der Waals surface area contributed by atoms with Gasteiger partial charge in [-0.3, -0.25) is 0 Å². The zero-order valence-electron chi connectivity index (χ0n) is 6.84. The predicted octanol–water partition coefficient (Wildman–Crippen LogP) is 3.38. The first-order valence-corrected chi connectivity index (χ1v) is 8.54. The first-order valence-electron chi connectivity index (χ1n) is 3.96. The molecule has 1 atom stereocenters. The summed E-state index contributed by atoms with van der Waals surface area (Å²) in [5, 5.41) is 0. The Morgan fingerprint density at radius 2 is 2.08 bits per heavy atom. The number of rotatable bonds is 1. The third kappa shape index (κ3) is 1.34. The predicted molar refractivity (Wildman–Crippen MR) is 48.7 cm³/mol. The molecule has 0 amide bonds. The van der Waals surface area contributed by atoms with Gasteiger partial charge in [-0.2, -0.15) is 0 Å². The van der Waals surface area contributed by atoms with Crippen LogP contribution in [0.5, 0.6) is 0 Å². The van der Waals surface area contributed by atoms with E-state index in [1.54, 1.807) is 0 Å². The van der Waals surface area contributed by atoms with E-state index in [9.17, 15) is 0 Å². The second kappa shape index (κ2) is 3.48. The Morgan fingerprint density at radius 3 is 2.83 bits per heavy atom. The topological polar surface area (TPSA) is 0 Å². The third-order valence-electron chi connectivity index (χ3n) is 2.25. The van der Waals surface area contributed by atoms with E-state index in [0.717, 1.165) is 0 Å². The van der Waals surface area contributed by atoms with Gasteiger partial charge >= 0.3 is 88.1 Å². The summed E-state index contributed by atoms with van der Waals surface area (Å²) < 4.78 is 0.617. The quantitative estimate of drug-likeness (QED) is 0.722. The molecule has 1 aliphatic carbocycles. The number of fused-ring (bicyclic) bond motifs is 1. The molecular weight excluding hydrogens is 247 g/mol. The van der Waals surface area contributed by atoms with Crippen LogP contribution in [-0.4, -0.2) is 0 Å². The van der Waals surface area contributed by atoms with Gasteiger partial charge in [0.25, 0.3) is 0 Å². The molecule has 0 bridgehead atoms. The molecule has 0 aliphatic heterocycles. The van der Waals surface area contributed by atoms with Crippen molar-refractivity contribution in [3.63, 3.8) is 0 Å². The molecule has 0 N–H and O–H groups in total. The van der Waals surface area contributed by atoms with Crippen LogP contribution in [0.1, 0.15) is 21.7 Å². The van der Waals surface area contributed by atoms with Crippen LogP contribution in [0.25, 0.3) is 6.08 Å². The van der Waals surface area contributed by atoms with Gasteiger partial charge in [0.05, 0.1) is 0 Å². The average molecular weight is 256 g/mol. The molecule has 12 heavy (non-hydrogen) atoms. The van der Waals surface area contributed by atoms with Crippen molar-refractivity contribution in [3.05, 3.63) is 41.0 Å². The van der Waals surface area contributed by atoms with Crippen molar-refractivity contribution in [1.29, 1.82) is 0 Å². The molecule has 1 aromatic rings. The summed E-state index contributed by atoms with van der Waals surface area (Å²) >= 11 is -0.721. The number of halogens is 1. The summed E-state index contributed by atoms with van der Waals surface area (Å²) in [5.41, 5.74) is 4.29. The Hall–Kier alpha value is 0.133. The third-order valence-corrected chi connectivity index (χ3v) is 5.97. The summed E-state index contributed by atoms with van der Waals surface area (Å²) in [6, 6.07) is 8.57. The maximum atomic E-state index is 6.06. The zero-order chi connectivity index (χ0) is 8.55. The van der Waals surface area contributed by atoms with Crippen molar-refractivity contribution in [3.8, 4) is 0 Å². The minimum absolute atomic E-state index is 0.617. The normalized spacial score (nSPS) is 20.2. The first-order chi connectivity index (χ1) is 5.83. The number of hydrogen-bond donors (Lipinski definition) is 0. The number of benzene rings is 1. The Bertz CT molecular complexity index is 330. The van der Waals surface area contributed by atoms with Gasteiger partial charge in [0.15, 0.2) is 0 Å². The van der Waals surface area contributed by atoms with Crippen molar-refractivity contribution in [1.82, 2.24) is 0 Å². The molecule has 2 rings (SSSR count). The zero-order valence-corrected chi connectivity index (χ0v) is 10.1. The molecule has 0 saturated heterocycles. The molecule has 0 radical (unpaired) electrons. The molecule has 2 heteroatoms. The molecule has 1 unspecified atom stereocenters. The van der Waals surface area contributed by atoms with Crippen LogP contribution in [0, 0.1) is 0 Å². The summed E-state index contributed by atoms with van der Waals surface area (Å²) in [6.45, 7) is 2.19. The van der Waals surface area contributed by atoms with Gasteiger partial charge in [0.2, 0.25) is 0 Å². The van der Waals surface area contributed by atoms with E-state index in [0.29, 0.717) is 3.63 Å². The molecule has 0 spiro atoms. The van der Waals surface area contributed by atoms with Crippen LogP contribution < -0.4 is 0 Å². The fourth-order valence-corrected chi connectivity index (χ4v) is 4.90. The Balaban J connectivity index is 2.50. The molecule has 0 fully saturated rings. The first kappa shape index (κ1) is 8.72. The van der Waals surface area contributed by atoms with Crippen molar-refractivity contribution in [2.24, 2.45) is 0 Å². The van der Waals surface area contributed by atoms with Crippen molar-refractivity contribution < 1.29 is 22.0 Å². The molecule has 0 saturated carbocycles. The van der Waals surface area contributed by atoms with E-state index >= 15 is 0 Å². The van der Waals surface area contributed by atoms with Gasteiger partial charge in [0.1, 0.15) is 0 Å².